The van der Waals surface area contributed by atoms with Crippen LogP contribution in [0.5, 0.6) is 0 Å². The molecule has 1 aromatic heterocycles. The minimum absolute atomic E-state index is 0.533. The lowest BCUT2D eigenvalue weighted by Crippen LogP contribution is -2.39. The lowest BCUT2D eigenvalue weighted by atomic mass is 10.4. The molecule has 21 heavy (non-hydrogen) atoms. The largest absolute Gasteiger partial charge is 0.382 e. The Balaban J connectivity index is 1.82. The first-order valence-corrected chi connectivity index (χ1v) is 7.68. The molecule has 7 nitrogen and oxygen atoms in total. The third-order valence-corrected chi connectivity index (χ3v) is 3.44. The number of nitrogens with one attached hydrogen (secondary N) is 2. The molecule has 1 aliphatic rings. The van der Waals surface area contributed by atoms with Crippen molar-refractivity contribution in [3.63, 3.8) is 0 Å². The van der Waals surface area contributed by atoms with E-state index in [0.29, 0.717) is 12.6 Å². The van der Waals surface area contributed by atoms with Crippen molar-refractivity contribution in [2.75, 3.05) is 19.8 Å². The van der Waals surface area contributed by atoms with E-state index in [4.69, 9.17) is 4.74 Å². The van der Waals surface area contributed by atoms with Crippen LogP contribution in [0.15, 0.2) is 4.99 Å². The fourth-order valence-corrected chi connectivity index (χ4v) is 1.84. The summed E-state index contributed by atoms with van der Waals surface area (Å²) in [6, 6.07) is 0.573. The molecule has 0 saturated heterocycles. The van der Waals surface area contributed by atoms with E-state index in [0.717, 1.165) is 43.8 Å². The number of aromatic nitrogens is 3. The van der Waals surface area contributed by atoms with Gasteiger partial charge in [-0.05, 0) is 33.1 Å². The smallest absolute Gasteiger partial charge is 0.191 e. The monoisotopic (exact) mass is 294 g/mol. The van der Waals surface area contributed by atoms with Gasteiger partial charge in [-0.1, -0.05) is 0 Å². The average Bonchev–Trinajstić information content (AvgIpc) is 3.24. The summed E-state index contributed by atoms with van der Waals surface area (Å²) in [7, 11) is 1.96. The molecule has 1 fully saturated rings. The van der Waals surface area contributed by atoms with Crippen LogP contribution >= 0.6 is 0 Å². The number of hydrogen-bond acceptors (Lipinski definition) is 4. The summed E-state index contributed by atoms with van der Waals surface area (Å²) in [4.78, 5) is 4.60. The topological polar surface area (TPSA) is 76.4 Å². The van der Waals surface area contributed by atoms with Crippen LogP contribution in [-0.4, -0.2) is 46.5 Å². The van der Waals surface area contributed by atoms with E-state index in [-0.39, 0.29) is 0 Å². The molecule has 2 rings (SSSR count). The second kappa shape index (κ2) is 7.97. The number of aryl methyl sites for hydroxylation is 1. The van der Waals surface area contributed by atoms with Crippen LogP contribution in [0.3, 0.4) is 0 Å². The van der Waals surface area contributed by atoms with Crippen molar-refractivity contribution in [1.29, 1.82) is 0 Å². The van der Waals surface area contributed by atoms with E-state index >= 15 is 0 Å². The Hall–Kier alpha value is -1.63. The standard InChI is InChI=1S/C14H26N6O/c1-4-21-9-5-8-15-14(17-12-6-7-12)16-10-13-19-18-11(2)20(13)3/h12H,4-10H2,1-3H3,(H2,15,16,17). The Morgan fingerprint density at radius 3 is 2.86 bits per heavy atom. The summed E-state index contributed by atoms with van der Waals surface area (Å²) in [5.74, 6) is 2.63. The highest BCUT2D eigenvalue weighted by Crippen LogP contribution is 2.18. The van der Waals surface area contributed by atoms with Gasteiger partial charge in [0, 0.05) is 32.8 Å². The number of rotatable bonds is 8. The van der Waals surface area contributed by atoms with Crippen LogP contribution in [-0.2, 0) is 18.3 Å². The normalized spacial score (nSPS) is 15.3. The summed E-state index contributed by atoms with van der Waals surface area (Å²) in [6.07, 6.45) is 3.42. The van der Waals surface area contributed by atoms with Gasteiger partial charge in [0.05, 0.1) is 0 Å². The minimum Gasteiger partial charge on any atom is -0.382 e. The number of hydrogen-bond donors (Lipinski definition) is 2. The van der Waals surface area contributed by atoms with Gasteiger partial charge in [0.25, 0.3) is 0 Å². The van der Waals surface area contributed by atoms with Crippen molar-refractivity contribution in [2.45, 2.75) is 45.7 Å². The predicted molar refractivity (Wildman–Crippen MR) is 82.1 cm³/mol. The zero-order valence-corrected chi connectivity index (χ0v) is 13.2. The van der Waals surface area contributed by atoms with Crippen molar-refractivity contribution in [3.05, 3.63) is 11.6 Å². The third kappa shape index (κ3) is 5.34. The zero-order valence-electron chi connectivity index (χ0n) is 13.2. The molecule has 7 heteroatoms. The van der Waals surface area contributed by atoms with Crippen LogP contribution in [0, 0.1) is 6.92 Å². The van der Waals surface area contributed by atoms with E-state index in [1.807, 2.05) is 25.5 Å². The van der Waals surface area contributed by atoms with Gasteiger partial charge in [-0.2, -0.15) is 0 Å². The lowest BCUT2D eigenvalue weighted by molar-refractivity contribution is 0.145. The molecule has 1 heterocycles. The van der Waals surface area contributed by atoms with Gasteiger partial charge >= 0.3 is 0 Å². The van der Waals surface area contributed by atoms with E-state index in [2.05, 4.69) is 25.8 Å². The summed E-state index contributed by atoms with van der Waals surface area (Å²) in [6.45, 7) is 6.89. The Morgan fingerprint density at radius 2 is 2.24 bits per heavy atom. The number of ether oxygens (including phenoxy) is 1. The second-order valence-corrected chi connectivity index (χ2v) is 5.28. The molecular formula is C14H26N6O. The fraction of sp³-hybridized carbons (Fsp3) is 0.786. The summed E-state index contributed by atoms with van der Waals surface area (Å²) in [5.41, 5.74) is 0. The molecule has 2 N–H and O–H groups in total. The van der Waals surface area contributed by atoms with Crippen LogP contribution in [0.2, 0.25) is 0 Å². The Labute approximate surface area is 126 Å². The minimum atomic E-state index is 0.533. The van der Waals surface area contributed by atoms with Crippen molar-refractivity contribution < 1.29 is 4.74 Å². The van der Waals surface area contributed by atoms with Crippen molar-refractivity contribution in [1.82, 2.24) is 25.4 Å². The Kier molecular flexibility index (Phi) is 5.98. The quantitative estimate of drug-likeness (QED) is 0.420. The number of nitrogens with zero attached hydrogens (tertiary/aromatic N) is 4. The maximum atomic E-state index is 5.33. The van der Waals surface area contributed by atoms with Crippen molar-refractivity contribution >= 4 is 5.96 Å². The molecular weight excluding hydrogens is 268 g/mol. The molecule has 0 aromatic carbocycles. The molecule has 0 unspecified atom stereocenters. The van der Waals surface area contributed by atoms with Gasteiger partial charge in [-0.25, -0.2) is 4.99 Å². The first-order chi connectivity index (χ1) is 10.2. The van der Waals surface area contributed by atoms with E-state index in [1.165, 1.54) is 12.8 Å². The van der Waals surface area contributed by atoms with Crippen LogP contribution in [0.25, 0.3) is 0 Å². The first kappa shape index (κ1) is 15.8. The molecule has 1 aliphatic carbocycles. The molecule has 0 spiro atoms. The van der Waals surface area contributed by atoms with Gasteiger partial charge < -0.3 is 19.9 Å². The highest BCUT2D eigenvalue weighted by molar-refractivity contribution is 5.80. The maximum Gasteiger partial charge on any atom is 0.191 e. The molecule has 0 amide bonds. The van der Waals surface area contributed by atoms with Crippen molar-refractivity contribution in [3.8, 4) is 0 Å². The first-order valence-electron chi connectivity index (χ1n) is 7.68. The van der Waals surface area contributed by atoms with Gasteiger partial charge in [0.1, 0.15) is 12.4 Å². The summed E-state index contributed by atoms with van der Waals surface area (Å²) < 4.78 is 7.30. The molecule has 118 valence electrons. The number of guanidine groups is 1. The van der Waals surface area contributed by atoms with E-state index in [9.17, 15) is 0 Å². The molecule has 0 atom stereocenters. The van der Waals surface area contributed by atoms with Crippen LogP contribution in [0.4, 0.5) is 0 Å². The molecule has 0 aliphatic heterocycles. The third-order valence-electron chi connectivity index (χ3n) is 3.44. The van der Waals surface area contributed by atoms with Gasteiger partial charge in [0.2, 0.25) is 0 Å². The van der Waals surface area contributed by atoms with Gasteiger partial charge in [-0.3, -0.25) is 0 Å². The molecule has 1 aromatic rings. The SMILES string of the molecule is CCOCCCNC(=NCc1nnc(C)n1C)NC1CC1. The highest BCUT2D eigenvalue weighted by atomic mass is 16.5. The summed E-state index contributed by atoms with van der Waals surface area (Å²) >= 11 is 0. The Bertz CT molecular complexity index is 466. The fourth-order valence-electron chi connectivity index (χ4n) is 1.84. The van der Waals surface area contributed by atoms with Crippen molar-refractivity contribution in [2.24, 2.45) is 12.0 Å². The highest BCUT2D eigenvalue weighted by Gasteiger charge is 2.22. The second-order valence-electron chi connectivity index (χ2n) is 5.28. The van der Waals surface area contributed by atoms with E-state index in [1.54, 1.807) is 0 Å². The lowest BCUT2D eigenvalue weighted by Gasteiger charge is -2.12. The molecule has 0 radical (unpaired) electrons. The van der Waals surface area contributed by atoms with Gasteiger partial charge in [0.15, 0.2) is 11.8 Å². The van der Waals surface area contributed by atoms with Crippen LogP contribution < -0.4 is 10.6 Å². The van der Waals surface area contributed by atoms with E-state index < -0.39 is 0 Å². The summed E-state index contributed by atoms with van der Waals surface area (Å²) in [5, 5.41) is 14.9. The molecule has 1 saturated carbocycles. The average molecular weight is 294 g/mol. The maximum absolute atomic E-state index is 5.33. The predicted octanol–water partition coefficient (Wildman–Crippen LogP) is 0.748. The van der Waals surface area contributed by atoms with Crippen LogP contribution in [0.1, 0.15) is 37.8 Å². The molecule has 0 bridgehead atoms. The zero-order chi connectivity index (χ0) is 15.1. The Morgan fingerprint density at radius 1 is 1.43 bits per heavy atom. The number of aliphatic imine (C=N–C) groups is 1. The van der Waals surface area contributed by atoms with Gasteiger partial charge in [-0.15, -0.1) is 10.2 Å².